The maximum Gasteiger partial charge on any atom is 0.320 e. The standard InChI is InChI=1S/C20H15F3N4O2/c1-12(18-25-16-4-2-3-5-17(16)27(18)20(22)23)26-29-11-15-10-28-19(24-15)13-6-8-14(21)9-7-13/h2-10,20H,11H2,1H3/b26-12-. The molecule has 4 rings (SSSR count). The zero-order chi connectivity index (χ0) is 20.4. The quantitative estimate of drug-likeness (QED) is 0.331. The van der Waals surface area contributed by atoms with Gasteiger partial charge in [-0.15, -0.1) is 0 Å². The van der Waals surface area contributed by atoms with Crippen LogP contribution in [0.3, 0.4) is 0 Å². The van der Waals surface area contributed by atoms with E-state index in [1.54, 1.807) is 36.4 Å². The van der Waals surface area contributed by atoms with Crippen LogP contribution >= 0.6 is 0 Å². The van der Waals surface area contributed by atoms with Crippen LogP contribution in [0.1, 0.15) is 25.0 Å². The molecule has 6 nitrogen and oxygen atoms in total. The second-order valence-corrected chi connectivity index (χ2v) is 6.17. The number of nitrogens with zero attached hydrogens (tertiary/aromatic N) is 4. The minimum Gasteiger partial charge on any atom is -0.444 e. The van der Waals surface area contributed by atoms with Gasteiger partial charge in [-0.3, -0.25) is 4.57 Å². The molecular formula is C20H15F3N4O2. The smallest absolute Gasteiger partial charge is 0.320 e. The fraction of sp³-hybridized carbons (Fsp3) is 0.150. The Morgan fingerprint density at radius 3 is 2.66 bits per heavy atom. The summed E-state index contributed by atoms with van der Waals surface area (Å²) in [4.78, 5) is 13.7. The van der Waals surface area contributed by atoms with Gasteiger partial charge in [-0.2, -0.15) is 8.78 Å². The van der Waals surface area contributed by atoms with Gasteiger partial charge in [0.2, 0.25) is 5.89 Å². The van der Waals surface area contributed by atoms with E-state index in [9.17, 15) is 13.2 Å². The molecule has 0 bridgehead atoms. The number of hydrogen-bond donors (Lipinski definition) is 0. The van der Waals surface area contributed by atoms with Crippen LogP contribution in [0.5, 0.6) is 0 Å². The molecule has 0 spiro atoms. The lowest BCUT2D eigenvalue weighted by Crippen LogP contribution is -2.10. The van der Waals surface area contributed by atoms with Crippen molar-refractivity contribution in [3.8, 4) is 11.5 Å². The van der Waals surface area contributed by atoms with E-state index in [1.807, 2.05) is 0 Å². The first-order chi connectivity index (χ1) is 14.0. The average molecular weight is 400 g/mol. The maximum atomic E-state index is 13.5. The number of para-hydroxylation sites is 2. The number of benzene rings is 2. The van der Waals surface area contributed by atoms with E-state index >= 15 is 0 Å². The summed E-state index contributed by atoms with van der Waals surface area (Å²) < 4.78 is 46.2. The Bertz CT molecular complexity index is 1170. The normalized spacial score (nSPS) is 12.1. The second kappa shape index (κ2) is 7.78. The lowest BCUT2D eigenvalue weighted by molar-refractivity contribution is 0.0735. The number of fused-ring (bicyclic) bond motifs is 1. The molecule has 0 unspecified atom stereocenters. The van der Waals surface area contributed by atoms with Crippen molar-refractivity contribution in [3.63, 3.8) is 0 Å². The van der Waals surface area contributed by atoms with Crippen LogP contribution < -0.4 is 0 Å². The molecule has 0 atom stereocenters. The van der Waals surface area contributed by atoms with E-state index in [0.29, 0.717) is 28.2 Å². The molecule has 0 N–H and O–H groups in total. The molecule has 0 radical (unpaired) electrons. The maximum absolute atomic E-state index is 13.5. The monoisotopic (exact) mass is 400 g/mol. The van der Waals surface area contributed by atoms with E-state index in [4.69, 9.17) is 9.25 Å². The highest BCUT2D eigenvalue weighted by molar-refractivity contribution is 5.98. The summed E-state index contributed by atoms with van der Waals surface area (Å²) in [5.41, 5.74) is 2.01. The Morgan fingerprint density at radius 1 is 1.14 bits per heavy atom. The van der Waals surface area contributed by atoms with Gasteiger partial charge < -0.3 is 9.25 Å². The van der Waals surface area contributed by atoms with Crippen LogP contribution in [0.15, 0.2) is 64.4 Å². The summed E-state index contributed by atoms with van der Waals surface area (Å²) in [6, 6.07) is 12.3. The third kappa shape index (κ3) is 3.84. The lowest BCUT2D eigenvalue weighted by Gasteiger charge is -2.07. The van der Waals surface area contributed by atoms with Gasteiger partial charge in [0.1, 0.15) is 23.5 Å². The van der Waals surface area contributed by atoms with Crippen molar-refractivity contribution in [1.82, 2.24) is 14.5 Å². The molecule has 0 saturated carbocycles. The third-order valence-corrected chi connectivity index (χ3v) is 4.17. The lowest BCUT2D eigenvalue weighted by atomic mass is 10.2. The minimum absolute atomic E-state index is 0.0216. The highest BCUT2D eigenvalue weighted by Crippen LogP contribution is 2.24. The number of oxime groups is 1. The van der Waals surface area contributed by atoms with Crippen molar-refractivity contribution in [2.45, 2.75) is 20.1 Å². The molecule has 2 aromatic heterocycles. The number of oxazole rings is 1. The minimum atomic E-state index is -2.77. The van der Waals surface area contributed by atoms with Crippen molar-refractivity contribution in [3.05, 3.63) is 72.1 Å². The Labute approximate surface area is 163 Å². The van der Waals surface area contributed by atoms with Gasteiger partial charge in [-0.1, -0.05) is 17.3 Å². The van der Waals surface area contributed by atoms with Crippen LogP contribution in [-0.4, -0.2) is 20.2 Å². The molecule has 2 aromatic carbocycles. The van der Waals surface area contributed by atoms with Gasteiger partial charge in [0, 0.05) is 5.56 Å². The van der Waals surface area contributed by atoms with Gasteiger partial charge in [-0.05, 0) is 43.3 Å². The zero-order valence-corrected chi connectivity index (χ0v) is 15.2. The predicted molar refractivity (Wildman–Crippen MR) is 99.9 cm³/mol. The average Bonchev–Trinajstić information content (AvgIpc) is 3.33. The number of alkyl halides is 2. The molecule has 0 aliphatic rings. The van der Waals surface area contributed by atoms with Gasteiger partial charge in [0.15, 0.2) is 12.4 Å². The predicted octanol–water partition coefficient (Wildman–Crippen LogP) is 5.17. The number of rotatable bonds is 6. The van der Waals surface area contributed by atoms with Gasteiger partial charge in [0.05, 0.1) is 11.0 Å². The molecule has 0 amide bonds. The summed E-state index contributed by atoms with van der Waals surface area (Å²) in [5, 5.41) is 3.89. The van der Waals surface area contributed by atoms with Crippen LogP contribution in [-0.2, 0) is 11.4 Å². The molecule has 148 valence electrons. The zero-order valence-electron chi connectivity index (χ0n) is 15.2. The van der Waals surface area contributed by atoms with Crippen molar-refractivity contribution in [2.75, 3.05) is 0 Å². The topological polar surface area (TPSA) is 65.4 Å². The summed E-state index contributed by atoms with van der Waals surface area (Å²) in [6.45, 7) is -1.26. The molecule has 2 heterocycles. The first kappa shape index (κ1) is 18.7. The van der Waals surface area contributed by atoms with Gasteiger partial charge >= 0.3 is 6.55 Å². The number of halogens is 3. The van der Waals surface area contributed by atoms with Crippen LogP contribution in [0.25, 0.3) is 22.5 Å². The fourth-order valence-electron chi connectivity index (χ4n) is 2.83. The van der Waals surface area contributed by atoms with E-state index in [0.717, 1.165) is 4.57 Å². The number of hydrogen-bond acceptors (Lipinski definition) is 5. The molecule has 0 aliphatic heterocycles. The molecule has 9 heteroatoms. The Kier molecular flexibility index (Phi) is 5.03. The second-order valence-electron chi connectivity index (χ2n) is 6.17. The Balaban J connectivity index is 1.50. The van der Waals surface area contributed by atoms with E-state index in [1.165, 1.54) is 25.3 Å². The molecule has 0 fully saturated rings. The molecule has 0 aliphatic carbocycles. The molecule has 29 heavy (non-hydrogen) atoms. The molecule has 0 saturated heterocycles. The summed E-state index contributed by atoms with van der Waals surface area (Å²) in [6.07, 6.45) is 1.39. The fourth-order valence-corrected chi connectivity index (χ4v) is 2.83. The molecular weight excluding hydrogens is 385 g/mol. The first-order valence-electron chi connectivity index (χ1n) is 8.65. The molecule has 4 aromatic rings. The van der Waals surface area contributed by atoms with E-state index in [2.05, 4.69) is 15.1 Å². The largest absolute Gasteiger partial charge is 0.444 e. The highest BCUT2D eigenvalue weighted by Gasteiger charge is 2.19. The Hall–Kier alpha value is -3.62. The number of imidazole rings is 1. The van der Waals surface area contributed by atoms with Gasteiger partial charge in [-0.25, -0.2) is 14.4 Å². The number of aromatic nitrogens is 3. The first-order valence-corrected chi connectivity index (χ1v) is 8.65. The van der Waals surface area contributed by atoms with Crippen molar-refractivity contribution >= 4 is 16.7 Å². The summed E-state index contributed by atoms with van der Waals surface area (Å²) >= 11 is 0. The van der Waals surface area contributed by atoms with Crippen molar-refractivity contribution in [2.24, 2.45) is 5.16 Å². The van der Waals surface area contributed by atoms with Gasteiger partial charge in [0.25, 0.3) is 0 Å². The summed E-state index contributed by atoms with van der Waals surface area (Å²) in [7, 11) is 0. The van der Waals surface area contributed by atoms with Crippen molar-refractivity contribution < 1.29 is 22.4 Å². The van der Waals surface area contributed by atoms with Crippen LogP contribution in [0.2, 0.25) is 0 Å². The van der Waals surface area contributed by atoms with Crippen molar-refractivity contribution in [1.29, 1.82) is 0 Å². The summed E-state index contributed by atoms with van der Waals surface area (Å²) in [5.74, 6) is -0.0272. The van der Waals surface area contributed by atoms with E-state index < -0.39 is 6.55 Å². The van der Waals surface area contributed by atoms with Crippen LogP contribution in [0, 0.1) is 5.82 Å². The SMILES string of the molecule is C/C(=N/OCc1coc(-c2ccc(F)cc2)n1)c1nc2ccccc2n1C(F)F. The van der Waals surface area contributed by atoms with Crippen LogP contribution in [0.4, 0.5) is 13.2 Å². The van der Waals surface area contributed by atoms with E-state index in [-0.39, 0.29) is 24.0 Å². The highest BCUT2D eigenvalue weighted by atomic mass is 19.3. The third-order valence-electron chi connectivity index (χ3n) is 4.17. The Morgan fingerprint density at radius 2 is 1.90 bits per heavy atom.